The average Bonchev–Trinajstić information content (AvgIpc) is 3.09. The van der Waals surface area contributed by atoms with E-state index in [0.29, 0.717) is 40.2 Å². The Hall–Kier alpha value is -3.38. The number of hydrogen-bond acceptors (Lipinski definition) is 7. The average molecular weight is 476 g/mol. The van der Waals surface area contributed by atoms with Crippen molar-refractivity contribution in [3.05, 3.63) is 63.8 Å². The molecule has 0 amide bonds. The van der Waals surface area contributed by atoms with Gasteiger partial charge in [0.05, 0.1) is 22.7 Å². The molecule has 3 heterocycles. The summed E-state index contributed by atoms with van der Waals surface area (Å²) in [4.78, 5) is 9.63. The maximum Gasteiger partial charge on any atom is 0.178 e. The first-order valence-corrected chi connectivity index (χ1v) is 11.7. The standard InChI is InChI=1S/C25H26ClN7O/c1-16-23-25(31-30-16)28-21-14-22(34-12-11-33-9-7-32(2)8-10-33)17(15-27)13-19(21)24(29-23)18-5-3-4-6-20(18)26/h3-6,13-14H,7-12H2,1-2H3,(H2,28,30,31). The quantitative estimate of drug-likeness (QED) is 0.451. The Morgan fingerprint density at radius 3 is 2.71 bits per heavy atom. The van der Waals surface area contributed by atoms with E-state index in [1.807, 2.05) is 43.3 Å². The van der Waals surface area contributed by atoms with Crippen LogP contribution >= 0.6 is 11.6 Å². The van der Waals surface area contributed by atoms with Crippen LogP contribution < -0.4 is 10.1 Å². The molecule has 0 saturated carbocycles. The maximum atomic E-state index is 9.91. The van der Waals surface area contributed by atoms with E-state index in [-0.39, 0.29) is 0 Å². The smallest absolute Gasteiger partial charge is 0.178 e. The van der Waals surface area contributed by atoms with E-state index in [1.165, 1.54) is 0 Å². The molecule has 3 aromatic rings. The fourth-order valence-corrected chi connectivity index (χ4v) is 4.47. The number of ether oxygens (including phenoxy) is 1. The molecule has 0 atom stereocenters. The number of nitriles is 1. The van der Waals surface area contributed by atoms with Crippen molar-refractivity contribution < 1.29 is 4.74 Å². The minimum Gasteiger partial charge on any atom is -0.491 e. The summed E-state index contributed by atoms with van der Waals surface area (Å²) in [5.74, 6) is 1.16. The largest absolute Gasteiger partial charge is 0.491 e. The number of halogens is 1. The van der Waals surface area contributed by atoms with Gasteiger partial charge in [0, 0.05) is 54.9 Å². The summed E-state index contributed by atoms with van der Waals surface area (Å²) in [5.41, 5.74) is 5.00. The number of benzene rings is 2. The number of nitrogens with zero attached hydrogens (tertiary/aromatic N) is 5. The van der Waals surface area contributed by atoms with Crippen molar-refractivity contribution in [1.29, 1.82) is 5.26 Å². The van der Waals surface area contributed by atoms with Crippen LogP contribution in [0, 0.1) is 18.3 Å². The predicted octanol–water partition coefficient (Wildman–Crippen LogP) is 4.10. The third kappa shape index (κ3) is 4.38. The van der Waals surface area contributed by atoms with Crippen molar-refractivity contribution in [2.45, 2.75) is 6.92 Å². The topological polar surface area (TPSA) is 92.6 Å². The Kier molecular flexibility index (Phi) is 6.24. The number of piperazine rings is 1. The van der Waals surface area contributed by atoms with E-state index < -0.39 is 0 Å². The Labute approximate surface area is 203 Å². The predicted molar refractivity (Wildman–Crippen MR) is 134 cm³/mol. The summed E-state index contributed by atoms with van der Waals surface area (Å²) < 4.78 is 6.11. The number of fused-ring (bicyclic) bond motifs is 2. The Morgan fingerprint density at radius 2 is 1.94 bits per heavy atom. The zero-order valence-electron chi connectivity index (χ0n) is 19.2. The van der Waals surface area contributed by atoms with Crippen molar-refractivity contribution in [2.75, 3.05) is 51.7 Å². The molecular weight excluding hydrogens is 450 g/mol. The molecule has 34 heavy (non-hydrogen) atoms. The van der Waals surface area contributed by atoms with Crippen LogP contribution in [0.5, 0.6) is 5.75 Å². The second-order valence-electron chi connectivity index (χ2n) is 8.61. The van der Waals surface area contributed by atoms with Gasteiger partial charge in [-0.25, -0.2) is 4.99 Å². The van der Waals surface area contributed by atoms with Gasteiger partial charge in [-0.2, -0.15) is 10.4 Å². The van der Waals surface area contributed by atoms with E-state index in [2.05, 4.69) is 38.4 Å². The number of nitrogens with one attached hydrogen (secondary N) is 2. The summed E-state index contributed by atoms with van der Waals surface area (Å²) in [6.07, 6.45) is 0. The van der Waals surface area contributed by atoms with Crippen LogP contribution in [0.2, 0.25) is 5.02 Å². The van der Waals surface area contributed by atoms with E-state index in [4.69, 9.17) is 21.3 Å². The molecule has 0 radical (unpaired) electrons. The van der Waals surface area contributed by atoms with Crippen molar-refractivity contribution in [3.8, 4) is 11.8 Å². The van der Waals surface area contributed by atoms with Crippen LogP contribution in [0.3, 0.4) is 0 Å². The van der Waals surface area contributed by atoms with Gasteiger partial charge < -0.3 is 15.0 Å². The molecule has 5 rings (SSSR count). The number of likely N-dealkylation sites (N-methyl/N-ethyl adjacent to an activating group) is 1. The first-order valence-electron chi connectivity index (χ1n) is 11.3. The van der Waals surface area contributed by atoms with Crippen LogP contribution in [-0.2, 0) is 0 Å². The molecule has 2 N–H and O–H groups in total. The Balaban J connectivity index is 1.49. The minimum atomic E-state index is 0.455. The molecule has 0 aliphatic carbocycles. The molecule has 1 fully saturated rings. The highest BCUT2D eigenvalue weighted by Crippen LogP contribution is 2.39. The van der Waals surface area contributed by atoms with E-state index in [0.717, 1.165) is 55.2 Å². The van der Waals surface area contributed by atoms with E-state index in [9.17, 15) is 5.26 Å². The lowest BCUT2D eigenvalue weighted by Crippen LogP contribution is -2.45. The Morgan fingerprint density at radius 1 is 1.15 bits per heavy atom. The summed E-state index contributed by atoms with van der Waals surface area (Å²) in [6.45, 7) is 7.41. The molecule has 2 aliphatic heterocycles. The van der Waals surface area contributed by atoms with Gasteiger partial charge in [0.2, 0.25) is 0 Å². The molecule has 0 bridgehead atoms. The fourth-order valence-electron chi connectivity index (χ4n) is 4.25. The highest BCUT2D eigenvalue weighted by Gasteiger charge is 2.24. The SMILES string of the molecule is Cc1[nH]nc2c1N=C(c1ccccc1Cl)c1cc(C#N)c(OCCN3CCN(C)CC3)cc1N2. The van der Waals surface area contributed by atoms with Gasteiger partial charge in [0.25, 0.3) is 0 Å². The second kappa shape index (κ2) is 9.47. The van der Waals surface area contributed by atoms with Crippen molar-refractivity contribution in [1.82, 2.24) is 20.0 Å². The molecule has 1 aromatic heterocycles. The molecule has 8 nitrogen and oxygen atoms in total. The van der Waals surface area contributed by atoms with Gasteiger partial charge in [0.1, 0.15) is 24.1 Å². The molecule has 9 heteroatoms. The van der Waals surface area contributed by atoms with Crippen LogP contribution in [0.25, 0.3) is 0 Å². The van der Waals surface area contributed by atoms with Crippen molar-refractivity contribution in [3.63, 3.8) is 0 Å². The van der Waals surface area contributed by atoms with Crippen LogP contribution in [0.15, 0.2) is 41.4 Å². The number of hydrogen-bond donors (Lipinski definition) is 2. The van der Waals surface area contributed by atoms with Gasteiger partial charge in [-0.15, -0.1) is 0 Å². The molecule has 1 saturated heterocycles. The van der Waals surface area contributed by atoms with Gasteiger partial charge in [-0.3, -0.25) is 10.00 Å². The zero-order chi connectivity index (χ0) is 23.7. The van der Waals surface area contributed by atoms with Crippen molar-refractivity contribution >= 4 is 34.5 Å². The minimum absolute atomic E-state index is 0.455. The third-order valence-electron chi connectivity index (χ3n) is 6.28. The zero-order valence-corrected chi connectivity index (χ0v) is 20.0. The summed E-state index contributed by atoms with van der Waals surface area (Å²) in [5, 5.41) is 21.2. The van der Waals surface area contributed by atoms with Crippen molar-refractivity contribution in [2.24, 2.45) is 4.99 Å². The molecular formula is C25H26ClN7O. The van der Waals surface area contributed by atoms with Crippen LogP contribution in [0.1, 0.15) is 22.4 Å². The number of aliphatic imine (C=N–C) groups is 1. The number of aromatic amines is 1. The molecule has 2 aromatic carbocycles. The highest BCUT2D eigenvalue weighted by atomic mass is 35.5. The lowest BCUT2D eigenvalue weighted by molar-refractivity contribution is 0.133. The third-order valence-corrected chi connectivity index (χ3v) is 6.61. The lowest BCUT2D eigenvalue weighted by Gasteiger charge is -2.32. The normalized spacial score (nSPS) is 16.0. The molecule has 2 aliphatic rings. The Bertz CT molecular complexity index is 1280. The number of H-pyrrole nitrogens is 1. The molecule has 0 unspecified atom stereocenters. The van der Waals surface area contributed by atoms with Gasteiger partial charge >= 0.3 is 0 Å². The lowest BCUT2D eigenvalue weighted by atomic mass is 9.98. The first kappa shape index (κ1) is 22.4. The number of aromatic nitrogens is 2. The molecule has 0 spiro atoms. The molecule has 174 valence electrons. The van der Waals surface area contributed by atoms with Crippen LogP contribution in [0.4, 0.5) is 17.2 Å². The second-order valence-corrected chi connectivity index (χ2v) is 9.02. The maximum absolute atomic E-state index is 9.91. The summed E-state index contributed by atoms with van der Waals surface area (Å²) >= 11 is 6.55. The van der Waals surface area contributed by atoms with Gasteiger partial charge in [-0.05, 0) is 26.1 Å². The number of aryl methyl sites for hydroxylation is 1. The number of anilines is 2. The summed E-state index contributed by atoms with van der Waals surface area (Å²) in [7, 11) is 2.14. The fraction of sp³-hybridized carbons (Fsp3) is 0.320. The van der Waals surface area contributed by atoms with E-state index >= 15 is 0 Å². The van der Waals surface area contributed by atoms with Crippen LogP contribution in [-0.4, -0.2) is 72.1 Å². The van der Waals surface area contributed by atoms with E-state index in [1.54, 1.807) is 0 Å². The first-order chi connectivity index (χ1) is 16.5. The van der Waals surface area contributed by atoms with Gasteiger partial charge in [-0.1, -0.05) is 29.8 Å². The monoisotopic (exact) mass is 475 g/mol. The van der Waals surface area contributed by atoms with Gasteiger partial charge in [0.15, 0.2) is 5.82 Å². The highest BCUT2D eigenvalue weighted by molar-refractivity contribution is 6.36. The number of rotatable bonds is 5. The summed E-state index contributed by atoms with van der Waals surface area (Å²) in [6, 6.07) is 13.5.